The number of imidazole rings is 1. The second kappa shape index (κ2) is 6.66. The van der Waals surface area contributed by atoms with Gasteiger partial charge in [-0.25, -0.2) is 4.98 Å². The van der Waals surface area contributed by atoms with Crippen molar-refractivity contribution >= 4 is 22.6 Å². The Hall–Kier alpha value is -2.70. The maximum atomic E-state index is 12.5. The number of amides is 1. The molecule has 1 saturated heterocycles. The number of anilines is 1. The number of nitrogens with zero attached hydrogens (tertiary/aromatic N) is 1. The van der Waals surface area contributed by atoms with Gasteiger partial charge in [0.15, 0.2) is 0 Å². The van der Waals surface area contributed by atoms with Crippen LogP contribution in [0.2, 0.25) is 0 Å². The van der Waals surface area contributed by atoms with Gasteiger partial charge in [-0.2, -0.15) is 0 Å². The van der Waals surface area contributed by atoms with Gasteiger partial charge < -0.3 is 20.4 Å². The van der Waals surface area contributed by atoms with Crippen molar-refractivity contribution in [3.05, 3.63) is 48.5 Å². The molecular formula is C19H20N4O2. The summed E-state index contributed by atoms with van der Waals surface area (Å²) in [7, 11) is 0. The van der Waals surface area contributed by atoms with Crippen LogP contribution in [0.5, 0.6) is 0 Å². The number of morpholine rings is 1. The number of nitrogens with one attached hydrogen (secondary N) is 3. The summed E-state index contributed by atoms with van der Waals surface area (Å²) >= 11 is 0. The minimum absolute atomic E-state index is 0.0889. The van der Waals surface area contributed by atoms with Crippen molar-refractivity contribution < 1.29 is 9.53 Å². The highest BCUT2D eigenvalue weighted by molar-refractivity contribution is 5.96. The molecule has 2 heterocycles. The maximum absolute atomic E-state index is 12.5. The molecule has 0 unspecified atom stereocenters. The van der Waals surface area contributed by atoms with E-state index in [0.29, 0.717) is 13.2 Å². The van der Waals surface area contributed by atoms with Crippen LogP contribution in [0.4, 0.5) is 5.69 Å². The molecule has 1 aliphatic heterocycles. The van der Waals surface area contributed by atoms with Crippen molar-refractivity contribution in [2.24, 2.45) is 0 Å². The molecule has 0 spiro atoms. The molecule has 25 heavy (non-hydrogen) atoms. The molecule has 2 atom stereocenters. The number of para-hydroxylation sites is 2. The lowest BCUT2D eigenvalue weighted by Crippen LogP contribution is -2.53. The van der Waals surface area contributed by atoms with Gasteiger partial charge in [-0.3, -0.25) is 4.79 Å². The largest absolute Gasteiger partial charge is 0.375 e. The molecule has 1 fully saturated rings. The first-order valence-electron chi connectivity index (χ1n) is 8.42. The normalized spacial score (nSPS) is 20.5. The first kappa shape index (κ1) is 15.8. The molecule has 0 bridgehead atoms. The number of hydrogen-bond acceptors (Lipinski definition) is 4. The standard InChI is InChI=1S/C19H20N4O2/c1-12-17(20-9-10-25-12)19(24)21-14-6-4-5-13(11-14)18-22-15-7-2-3-8-16(15)23-18/h2-8,11-12,17,20H,9-10H2,1H3,(H,21,24)(H,22,23)/t12-,17+/m1/s1. The lowest BCUT2D eigenvalue weighted by Gasteiger charge is -2.29. The molecule has 0 radical (unpaired) electrons. The van der Waals surface area contributed by atoms with Gasteiger partial charge in [0.25, 0.3) is 0 Å². The van der Waals surface area contributed by atoms with E-state index in [1.807, 2.05) is 55.5 Å². The third kappa shape index (κ3) is 3.26. The van der Waals surface area contributed by atoms with Crippen LogP contribution >= 0.6 is 0 Å². The average molecular weight is 336 g/mol. The van der Waals surface area contributed by atoms with Gasteiger partial charge in [0.05, 0.1) is 23.7 Å². The van der Waals surface area contributed by atoms with Gasteiger partial charge in [-0.15, -0.1) is 0 Å². The number of aromatic nitrogens is 2. The molecule has 0 saturated carbocycles. The number of aromatic amines is 1. The molecular weight excluding hydrogens is 316 g/mol. The van der Waals surface area contributed by atoms with E-state index >= 15 is 0 Å². The number of rotatable bonds is 3. The molecule has 3 N–H and O–H groups in total. The molecule has 4 rings (SSSR count). The zero-order chi connectivity index (χ0) is 17.2. The second-order valence-electron chi connectivity index (χ2n) is 6.18. The van der Waals surface area contributed by atoms with Gasteiger partial charge in [0.2, 0.25) is 5.91 Å². The summed E-state index contributed by atoms with van der Waals surface area (Å²) in [6.07, 6.45) is -0.146. The molecule has 1 aromatic heterocycles. The summed E-state index contributed by atoms with van der Waals surface area (Å²) in [6.45, 7) is 3.22. The van der Waals surface area contributed by atoms with Crippen molar-refractivity contribution in [3.63, 3.8) is 0 Å². The minimum atomic E-state index is -0.344. The second-order valence-corrected chi connectivity index (χ2v) is 6.18. The summed E-state index contributed by atoms with van der Waals surface area (Å²) in [5.74, 6) is 0.693. The number of hydrogen-bond donors (Lipinski definition) is 3. The van der Waals surface area contributed by atoms with Crippen LogP contribution in [-0.4, -0.2) is 41.2 Å². The predicted molar refractivity (Wildman–Crippen MR) is 97.4 cm³/mol. The highest BCUT2D eigenvalue weighted by Crippen LogP contribution is 2.23. The van der Waals surface area contributed by atoms with Crippen molar-refractivity contribution in [1.82, 2.24) is 15.3 Å². The van der Waals surface area contributed by atoms with Crippen LogP contribution in [0.1, 0.15) is 6.92 Å². The Balaban J connectivity index is 1.56. The topological polar surface area (TPSA) is 79.0 Å². The fourth-order valence-electron chi connectivity index (χ4n) is 3.08. The first-order valence-corrected chi connectivity index (χ1v) is 8.42. The van der Waals surface area contributed by atoms with Crippen LogP contribution in [0.3, 0.4) is 0 Å². The van der Waals surface area contributed by atoms with Crippen molar-refractivity contribution in [2.45, 2.75) is 19.1 Å². The zero-order valence-corrected chi connectivity index (χ0v) is 14.0. The third-order valence-electron chi connectivity index (χ3n) is 4.39. The third-order valence-corrected chi connectivity index (χ3v) is 4.39. The van der Waals surface area contributed by atoms with Gasteiger partial charge in [-0.1, -0.05) is 24.3 Å². The van der Waals surface area contributed by atoms with E-state index < -0.39 is 0 Å². The Morgan fingerprint density at radius 1 is 1.24 bits per heavy atom. The number of benzene rings is 2. The molecule has 0 aliphatic carbocycles. The number of carbonyl (C=O) groups is 1. The highest BCUT2D eigenvalue weighted by atomic mass is 16.5. The molecule has 2 aromatic carbocycles. The van der Waals surface area contributed by atoms with E-state index in [4.69, 9.17) is 4.74 Å². The van der Waals surface area contributed by atoms with E-state index in [0.717, 1.165) is 28.1 Å². The maximum Gasteiger partial charge on any atom is 0.244 e. The molecule has 128 valence electrons. The van der Waals surface area contributed by atoms with Crippen molar-refractivity contribution in [2.75, 3.05) is 18.5 Å². The minimum Gasteiger partial charge on any atom is -0.375 e. The van der Waals surface area contributed by atoms with E-state index in [2.05, 4.69) is 20.6 Å². The molecule has 6 heteroatoms. The Kier molecular flexibility index (Phi) is 4.21. The highest BCUT2D eigenvalue weighted by Gasteiger charge is 2.28. The van der Waals surface area contributed by atoms with Crippen LogP contribution in [0.15, 0.2) is 48.5 Å². The lowest BCUT2D eigenvalue weighted by molar-refractivity contribution is -0.123. The number of fused-ring (bicyclic) bond motifs is 1. The van der Waals surface area contributed by atoms with Gasteiger partial charge >= 0.3 is 0 Å². The fraction of sp³-hybridized carbons (Fsp3) is 0.263. The number of ether oxygens (including phenoxy) is 1. The van der Waals surface area contributed by atoms with Gasteiger partial charge in [-0.05, 0) is 31.2 Å². The summed E-state index contributed by atoms with van der Waals surface area (Å²) in [6, 6.07) is 15.2. The molecule has 6 nitrogen and oxygen atoms in total. The monoisotopic (exact) mass is 336 g/mol. The van der Waals surface area contributed by atoms with Crippen LogP contribution in [0.25, 0.3) is 22.4 Å². The quantitative estimate of drug-likeness (QED) is 0.687. The number of carbonyl (C=O) groups excluding carboxylic acids is 1. The Bertz CT molecular complexity index is 872. The summed E-state index contributed by atoms with van der Waals surface area (Å²) in [4.78, 5) is 20.4. The van der Waals surface area contributed by atoms with Crippen LogP contribution in [-0.2, 0) is 9.53 Å². The summed E-state index contributed by atoms with van der Waals surface area (Å²) < 4.78 is 5.54. The summed E-state index contributed by atoms with van der Waals surface area (Å²) in [5, 5.41) is 6.16. The molecule has 1 aliphatic rings. The van der Waals surface area contributed by atoms with E-state index in [-0.39, 0.29) is 18.1 Å². The number of H-pyrrole nitrogens is 1. The van der Waals surface area contributed by atoms with Crippen molar-refractivity contribution in [3.8, 4) is 11.4 Å². The van der Waals surface area contributed by atoms with Crippen molar-refractivity contribution in [1.29, 1.82) is 0 Å². The Morgan fingerprint density at radius 3 is 2.96 bits per heavy atom. The first-order chi connectivity index (χ1) is 12.2. The molecule has 1 amide bonds. The SMILES string of the molecule is C[C@H]1OCCN[C@@H]1C(=O)Nc1cccc(-c2nc3ccccc3[nH]2)c1. The molecule has 3 aromatic rings. The van der Waals surface area contributed by atoms with Crippen LogP contribution < -0.4 is 10.6 Å². The average Bonchev–Trinajstić information content (AvgIpc) is 3.06. The predicted octanol–water partition coefficient (Wildman–Crippen LogP) is 2.55. The van der Waals surface area contributed by atoms with Crippen LogP contribution in [0, 0.1) is 0 Å². The fourth-order valence-corrected chi connectivity index (χ4v) is 3.08. The van der Waals surface area contributed by atoms with E-state index in [1.54, 1.807) is 0 Å². The van der Waals surface area contributed by atoms with Gasteiger partial charge in [0, 0.05) is 17.8 Å². The summed E-state index contributed by atoms with van der Waals surface area (Å²) in [5.41, 5.74) is 3.58. The lowest BCUT2D eigenvalue weighted by atomic mass is 10.1. The zero-order valence-electron chi connectivity index (χ0n) is 14.0. The smallest absolute Gasteiger partial charge is 0.244 e. The van der Waals surface area contributed by atoms with E-state index in [1.165, 1.54) is 0 Å². The Morgan fingerprint density at radius 2 is 2.12 bits per heavy atom. The van der Waals surface area contributed by atoms with Gasteiger partial charge in [0.1, 0.15) is 11.9 Å². The van der Waals surface area contributed by atoms with E-state index in [9.17, 15) is 4.79 Å². The Labute approximate surface area is 145 Å².